The third-order valence-corrected chi connectivity index (χ3v) is 13.3. The van der Waals surface area contributed by atoms with Crippen molar-refractivity contribution < 1.29 is 10.2 Å². The average molecular weight is 443 g/mol. The summed E-state index contributed by atoms with van der Waals surface area (Å²) in [5, 5.41) is 21.1. The van der Waals surface area contributed by atoms with E-state index in [1.165, 1.54) is 57.8 Å². The maximum absolute atomic E-state index is 10.9. The molecular weight excluding hydrogens is 392 g/mol. The van der Waals surface area contributed by atoms with Crippen LogP contribution in [0.2, 0.25) is 0 Å². The fourth-order valence-electron chi connectivity index (χ4n) is 10.6. The zero-order valence-corrected chi connectivity index (χ0v) is 22.1. The van der Waals surface area contributed by atoms with Gasteiger partial charge in [-0.15, -0.1) is 0 Å². The van der Waals surface area contributed by atoms with Gasteiger partial charge in [0.25, 0.3) is 0 Å². The lowest BCUT2D eigenvalue weighted by atomic mass is 9.33. The van der Waals surface area contributed by atoms with Gasteiger partial charge < -0.3 is 10.2 Å². The van der Waals surface area contributed by atoms with E-state index in [0.29, 0.717) is 40.6 Å². The van der Waals surface area contributed by atoms with Crippen molar-refractivity contribution in [3.8, 4) is 0 Å². The van der Waals surface area contributed by atoms with Crippen LogP contribution in [0.1, 0.15) is 113 Å². The fourth-order valence-corrected chi connectivity index (χ4v) is 10.6. The molecule has 9 atom stereocenters. The summed E-state index contributed by atoms with van der Waals surface area (Å²) in [7, 11) is 0. The molecule has 0 aliphatic heterocycles. The summed E-state index contributed by atoms with van der Waals surface area (Å²) in [5.41, 5.74) is 3.26. The summed E-state index contributed by atoms with van der Waals surface area (Å²) in [4.78, 5) is 0. The highest BCUT2D eigenvalue weighted by Crippen LogP contribution is 2.75. The van der Waals surface area contributed by atoms with E-state index < -0.39 is 0 Å². The van der Waals surface area contributed by atoms with Crippen LogP contribution in [0.25, 0.3) is 0 Å². The van der Waals surface area contributed by atoms with Crippen LogP contribution in [-0.2, 0) is 0 Å². The largest absolute Gasteiger partial charge is 0.396 e. The molecule has 2 nitrogen and oxygen atoms in total. The molecule has 4 saturated carbocycles. The minimum atomic E-state index is -0.149. The van der Waals surface area contributed by atoms with E-state index in [2.05, 4.69) is 54.5 Å². The first-order valence-corrected chi connectivity index (χ1v) is 13.8. The van der Waals surface area contributed by atoms with Crippen LogP contribution in [0, 0.1) is 50.2 Å². The Morgan fingerprint density at radius 3 is 2.22 bits per heavy atom. The van der Waals surface area contributed by atoms with Gasteiger partial charge in [-0.3, -0.25) is 0 Å². The number of aliphatic hydroxyl groups is 2. The highest BCUT2D eigenvalue weighted by molar-refractivity contribution is 5.33. The Balaban J connectivity index is 1.56. The van der Waals surface area contributed by atoms with Gasteiger partial charge in [0.2, 0.25) is 0 Å². The van der Waals surface area contributed by atoms with Crippen LogP contribution in [0.5, 0.6) is 0 Å². The molecule has 2 N–H and O–H groups in total. The molecule has 2 heteroatoms. The topological polar surface area (TPSA) is 40.5 Å². The molecule has 0 amide bonds. The van der Waals surface area contributed by atoms with Crippen molar-refractivity contribution in [3.63, 3.8) is 0 Å². The van der Waals surface area contributed by atoms with E-state index in [-0.39, 0.29) is 22.3 Å². The van der Waals surface area contributed by atoms with E-state index in [4.69, 9.17) is 0 Å². The Kier molecular flexibility index (Phi) is 5.02. The van der Waals surface area contributed by atoms with Gasteiger partial charge in [0, 0.05) is 6.61 Å². The average Bonchev–Trinajstić information content (AvgIpc) is 2.73. The quantitative estimate of drug-likeness (QED) is 0.424. The van der Waals surface area contributed by atoms with Crippen LogP contribution in [0.3, 0.4) is 0 Å². The molecule has 0 heterocycles. The van der Waals surface area contributed by atoms with Crippen LogP contribution < -0.4 is 0 Å². The summed E-state index contributed by atoms with van der Waals surface area (Å²) in [6, 6.07) is 0. The Hall–Kier alpha value is -0.340. The van der Waals surface area contributed by atoms with E-state index in [9.17, 15) is 10.2 Å². The first-order chi connectivity index (χ1) is 14.8. The molecule has 0 saturated heterocycles. The van der Waals surface area contributed by atoms with Gasteiger partial charge in [0.05, 0.1) is 6.10 Å². The highest BCUT2D eigenvalue weighted by atomic mass is 16.3. The van der Waals surface area contributed by atoms with Gasteiger partial charge in [0.15, 0.2) is 0 Å². The lowest BCUT2D eigenvalue weighted by Crippen LogP contribution is -2.64. The monoisotopic (exact) mass is 442 g/mol. The molecular formula is C30H50O2. The maximum Gasteiger partial charge on any atom is 0.0594 e. The Labute approximate surface area is 197 Å². The lowest BCUT2D eigenvalue weighted by Gasteiger charge is -2.71. The minimum absolute atomic E-state index is 0.0245. The number of fused-ring (bicyclic) bond motifs is 7. The third-order valence-electron chi connectivity index (χ3n) is 13.3. The molecule has 5 aliphatic rings. The van der Waals surface area contributed by atoms with Gasteiger partial charge in [-0.1, -0.05) is 60.1 Å². The van der Waals surface area contributed by atoms with Crippen LogP contribution in [0.15, 0.2) is 11.6 Å². The maximum atomic E-state index is 10.9. The SMILES string of the molecule is CC1(C)C2CC[C@]3(C)[C@H](CC=C4[C@H]5C[C@](C)(CO)CC[C@]5(C)CC[C@]43C)[C@@]2(C)CC[C@@H]1O. The first kappa shape index (κ1) is 23.4. The van der Waals surface area contributed by atoms with E-state index in [1.54, 1.807) is 5.57 Å². The Bertz CT molecular complexity index is 814. The van der Waals surface area contributed by atoms with E-state index in [1.807, 2.05) is 0 Å². The smallest absolute Gasteiger partial charge is 0.0594 e. The normalized spacial score (nSPS) is 56.8. The van der Waals surface area contributed by atoms with E-state index >= 15 is 0 Å². The molecule has 4 fully saturated rings. The van der Waals surface area contributed by atoms with Gasteiger partial charge in [-0.25, -0.2) is 0 Å². The number of hydrogen-bond acceptors (Lipinski definition) is 2. The second-order valence-corrected chi connectivity index (χ2v) is 15.0. The predicted molar refractivity (Wildman–Crippen MR) is 132 cm³/mol. The molecule has 5 rings (SSSR count). The van der Waals surface area contributed by atoms with Gasteiger partial charge in [-0.05, 0) is 114 Å². The van der Waals surface area contributed by atoms with Crippen molar-refractivity contribution in [2.75, 3.05) is 6.61 Å². The second-order valence-electron chi connectivity index (χ2n) is 15.0. The van der Waals surface area contributed by atoms with E-state index in [0.717, 1.165) is 6.42 Å². The fraction of sp³-hybridized carbons (Fsp3) is 0.933. The van der Waals surface area contributed by atoms with Gasteiger partial charge in [-0.2, -0.15) is 0 Å². The molecule has 1 unspecified atom stereocenters. The van der Waals surface area contributed by atoms with Crippen molar-refractivity contribution in [2.45, 2.75) is 119 Å². The lowest BCUT2D eigenvalue weighted by molar-refractivity contribution is -0.203. The molecule has 0 aromatic heterocycles. The molecule has 0 aromatic rings. The molecule has 5 aliphatic carbocycles. The molecule has 32 heavy (non-hydrogen) atoms. The molecule has 182 valence electrons. The predicted octanol–water partition coefficient (Wildman–Crippen LogP) is 7.14. The summed E-state index contributed by atoms with van der Waals surface area (Å²) in [6.45, 7) is 17.8. The molecule has 0 spiro atoms. The zero-order chi connectivity index (χ0) is 23.4. The summed E-state index contributed by atoms with van der Waals surface area (Å²) in [6.07, 6.45) is 14.8. The van der Waals surface area contributed by atoms with Crippen LogP contribution in [-0.4, -0.2) is 22.9 Å². The van der Waals surface area contributed by atoms with Crippen molar-refractivity contribution in [3.05, 3.63) is 11.6 Å². The number of allylic oxidation sites excluding steroid dienone is 2. The van der Waals surface area contributed by atoms with Gasteiger partial charge in [0.1, 0.15) is 0 Å². The van der Waals surface area contributed by atoms with Crippen molar-refractivity contribution >= 4 is 0 Å². The highest BCUT2D eigenvalue weighted by Gasteiger charge is 2.67. The molecule has 0 bridgehead atoms. The number of aliphatic hydroxyl groups excluding tert-OH is 2. The number of rotatable bonds is 1. The van der Waals surface area contributed by atoms with Gasteiger partial charge >= 0.3 is 0 Å². The van der Waals surface area contributed by atoms with Crippen LogP contribution >= 0.6 is 0 Å². The second kappa shape index (κ2) is 6.87. The summed E-state index contributed by atoms with van der Waals surface area (Å²) in [5.74, 6) is 1.98. The number of hydrogen-bond donors (Lipinski definition) is 2. The van der Waals surface area contributed by atoms with Crippen LogP contribution in [0.4, 0.5) is 0 Å². The Morgan fingerprint density at radius 1 is 0.844 bits per heavy atom. The summed E-state index contributed by atoms with van der Waals surface area (Å²) < 4.78 is 0. The molecule has 0 aromatic carbocycles. The third kappa shape index (κ3) is 2.78. The first-order valence-electron chi connectivity index (χ1n) is 13.8. The molecule has 0 radical (unpaired) electrons. The standard InChI is InChI=1S/C30H50O2/c1-25(2)22-10-13-30(7)23(28(22,5)12-11-24(25)32)9-8-20-21-18-26(3,19-31)14-15-27(21,4)16-17-29(20,30)6/h8,21-24,31-32H,9-19H2,1-7H3/t21-,22?,23-,24+,26-,27-,28+,29-,30-/m1/s1. The summed E-state index contributed by atoms with van der Waals surface area (Å²) >= 11 is 0. The Morgan fingerprint density at radius 2 is 1.53 bits per heavy atom. The van der Waals surface area contributed by atoms with Crippen molar-refractivity contribution in [2.24, 2.45) is 50.2 Å². The van der Waals surface area contributed by atoms with Crippen molar-refractivity contribution in [1.82, 2.24) is 0 Å². The minimum Gasteiger partial charge on any atom is -0.396 e. The zero-order valence-electron chi connectivity index (χ0n) is 22.1. The van der Waals surface area contributed by atoms with Crippen molar-refractivity contribution in [1.29, 1.82) is 0 Å².